The molecule has 20 heavy (non-hydrogen) atoms. The van der Waals surface area contributed by atoms with Gasteiger partial charge in [-0.25, -0.2) is 4.68 Å². The largest absolute Gasteiger partial charge is 0.342 e. The molecule has 106 valence electrons. The van der Waals surface area contributed by atoms with Gasteiger partial charge in [-0.15, -0.1) is 5.10 Å². The second-order valence-corrected chi connectivity index (χ2v) is 6.33. The summed E-state index contributed by atoms with van der Waals surface area (Å²) in [5.74, 6) is 1.83. The second-order valence-electron chi connectivity index (χ2n) is 6.33. The molecule has 0 N–H and O–H groups in total. The minimum absolute atomic E-state index is 0.257. The Morgan fingerprint density at radius 2 is 2.00 bits per heavy atom. The van der Waals surface area contributed by atoms with Crippen molar-refractivity contribution in [3.05, 3.63) is 24.5 Å². The van der Waals surface area contributed by atoms with Crippen molar-refractivity contribution in [3.8, 4) is 0 Å². The number of aromatic nitrogens is 3. The molecule has 5 nitrogen and oxygen atoms in total. The lowest BCUT2D eigenvalue weighted by molar-refractivity contribution is -0.137. The summed E-state index contributed by atoms with van der Waals surface area (Å²) in [4.78, 5) is 14.7. The average Bonchev–Trinajstić information content (AvgIpc) is 3.23. The van der Waals surface area contributed by atoms with E-state index >= 15 is 0 Å². The Kier molecular flexibility index (Phi) is 2.86. The predicted molar refractivity (Wildman–Crippen MR) is 73.7 cm³/mol. The van der Waals surface area contributed by atoms with Crippen LogP contribution in [0.3, 0.4) is 0 Å². The fraction of sp³-hybridized carbons (Fsp3) is 0.667. The molecule has 4 rings (SSSR count). The predicted octanol–water partition coefficient (Wildman–Crippen LogP) is 1.65. The molecule has 1 aliphatic heterocycles. The maximum Gasteiger partial charge on any atom is 0.226 e. The summed E-state index contributed by atoms with van der Waals surface area (Å²) >= 11 is 0. The summed E-state index contributed by atoms with van der Waals surface area (Å²) in [6, 6.07) is 0.404. The number of amides is 1. The number of likely N-dealkylation sites (tertiary alicyclic amines) is 1. The monoisotopic (exact) mass is 272 g/mol. The number of carbonyl (C=O) groups is 1. The number of carbonyl (C=O) groups excluding carboxylic acids is 1. The number of hydrogen-bond donors (Lipinski definition) is 0. The Morgan fingerprint density at radius 3 is 2.60 bits per heavy atom. The first kappa shape index (κ1) is 12.1. The van der Waals surface area contributed by atoms with Crippen LogP contribution in [0, 0.1) is 17.8 Å². The smallest absolute Gasteiger partial charge is 0.226 e. The van der Waals surface area contributed by atoms with Crippen LogP contribution in [-0.4, -0.2) is 38.9 Å². The van der Waals surface area contributed by atoms with E-state index in [9.17, 15) is 4.79 Å². The molecule has 0 unspecified atom stereocenters. The molecule has 5 heteroatoms. The summed E-state index contributed by atoms with van der Waals surface area (Å²) in [5, 5.41) is 7.94. The van der Waals surface area contributed by atoms with Crippen molar-refractivity contribution in [2.24, 2.45) is 17.8 Å². The molecule has 3 aliphatic rings. The molecule has 0 aromatic carbocycles. The van der Waals surface area contributed by atoms with Crippen LogP contribution in [0.15, 0.2) is 24.5 Å². The maximum absolute atomic E-state index is 12.6. The van der Waals surface area contributed by atoms with Crippen LogP contribution in [0.2, 0.25) is 0 Å². The van der Waals surface area contributed by atoms with Gasteiger partial charge in [-0.1, -0.05) is 17.4 Å². The Bertz CT molecular complexity index is 516. The van der Waals surface area contributed by atoms with Gasteiger partial charge in [-0.05, 0) is 37.5 Å². The van der Waals surface area contributed by atoms with E-state index in [0.717, 1.165) is 32.4 Å². The molecule has 2 aliphatic carbocycles. The zero-order chi connectivity index (χ0) is 13.5. The molecule has 1 saturated heterocycles. The first-order valence-electron chi connectivity index (χ1n) is 7.64. The summed E-state index contributed by atoms with van der Waals surface area (Å²) in [6.45, 7) is 1.72. The van der Waals surface area contributed by atoms with Gasteiger partial charge >= 0.3 is 0 Å². The van der Waals surface area contributed by atoms with E-state index < -0.39 is 0 Å². The van der Waals surface area contributed by atoms with Gasteiger partial charge in [0.1, 0.15) is 0 Å². The SMILES string of the molecule is O=C([C@@H]1C[C@H]2C=C[C@H]1C2)N1CCC(n2ccnn2)CC1. The number of nitrogens with zero attached hydrogens (tertiary/aromatic N) is 4. The number of piperidine rings is 1. The minimum atomic E-state index is 0.257. The zero-order valence-corrected chi connectivity index (χ0v) is 11.6. The summed E-state index contributed by atoms with van der Waals surface area (Å²) in [6.07, 6.45) is 12.5. The number of allylic oxidation sites excluding steroid dienone is 2. The normalized spacial score (nSPS) is 33.0. The van der Waals surface area contributed by atoms with Gasteiger partial charge in [0, 0.05) is 25.2 Å². The first-order chi connectivity index (χ1) is 9.81. The molecule has 1 amide bonds. The summed E-state index contributed by atoms with van der Waals surface area (Å²) in [5.41, 5.74) is 0. The number of rotatable bonds is 2. The van der Waals surface area contributed by atoms with Crippen LogP contribution in [0.5, 0.6) is 0 Å². The van der Waals surface area contributed by atoms with E-state index in [-0.39, 0.29) is 5.92 Å². The quantitative estimate of drug-likeness (QED) is 0.769. The Hall–Kier alpha value is -1.65. The van der Waals surface area contributed by atoms with E-state index in [1.807, 2.05) is 10.9 Å². The van der Waals surface area contributed by atoms with Crippen molar-refractivity contribution >= 4 is 5.91 Å². The molecule has 1 aromatic heterocycles. The van der Waals surface area contributed by atoms with Crippen LogP contribution < -0.4 is 0 Å². The third kappa shape index (κ3) is 1.96. The van der Waals surface area contributed by atoms with Crippen LogP contribution >= 0.6 is 0 Å². The average molecular weight is 272 g/mol. The highest BCUT2D eigenvalue weighted by atomic mass is 16.2. The standard InChI is InChI=1S/C15H20N4O/c20-15(14-10-11-1-2-12(14)9-11)18-6-3-13(4-7-18)19-8-5-16-17-19/h1-2,5,8,11-14H,3-4,6-7,9-10H2/t11-,12-,14+/m0/s1. The lowest BCUT2D eigenvalue weighted by Gasteiger charge is -2.34. The van der Waals surface area contributed by atoms with Crippen molar-refractivity contribution in [1.29, 1.82) is 0 Å². The van der Waals surface area contributed by atoms with Gasteiger partial charge < -0.3 is 4.90 Å². The van der Waals surface area contributed by atoms with Crippen molar-refractivity contribution in [2.45, 2.75) is 31.7 Å². The third-order valence-electron chi connectivity index (χ3n) is 5.19. The second kappa shape index (κ2) is 4.72. The lowest BCUT2D eigenvalue weighted by atomic mass is 9.91. The molecule has 1 aromatic rings. The minimum Gasteiger partial charge on any atom is -0.342 e. The number of fused-ring (bicyclic) bond motifs is 2. The number of hydrogen-bond acceptors (Lipinski definition) is 3. The van der Waals surface area contributed by atoms with Gasteiger partial charge in [0.25, 0.3) is 0 Å². The molecular formula is C15H20N4O. The maximum atomic E-state index is 12.6. The van der Waals surface area contributed by atoms with Crippen molar-refractivity contribution in [3.63, 3.8) is 0 Å². The fourth-order valence-corrected chi connectivity index (χ4v) is 4.06. The van der Waals surface area contributed by atoms with Gasteiger partial charge in [-0.3, -0.25) is 4.79 Å². The summed E-state index contributed by atoms with van der Waals surface area (Å²) < 4.78 is 1.93. The van der Waals surface area contributed by atoms with E-state index in [4.69, 9.17) is 0 Å². The Labute approximate surface area is 118 Å². The van der Waals surface area contributed by atoms with E-state index in [1.54, 1.807) is 6.20 Å². The molecule has 3 atom stereocenters. The highest BCUT2D eigenvalue weighted by Crippen LogP contribution is 2.44. The first-order valence-corrected chi connectivity index (χ1v) is 7.64. The fourth-order valence-electron chi connectivity index (χ4n) is 4.06. The van der Waals surface area contributed by atoms with Crippen molar-refractivity contribution < 1.29 is 4.79 Å². The van der Waals surface area contributed by atoms with Gasteiger partial charge in [0.15, 0.2) is 0 Å². The van der Waals surface area contributed by atoms with Crippen LogP contribution in [-0.2, 0) is 4.79 Å². The van der Waals surface area contributed by atoms with E-state index in [1.165, 1.54) is 6.42 Å². The molecule has 2 fully saturated rings. The van der Waals surface area contributed by atoms with Gasteiger partial charge in [0.05, 0.1) is 12.2 Å². The Balaban J connectivity index is 1.37. The van der Waals surface area contributed by atoms with Crippen molar-refractivity contribution in [2.75, 3.05) is 13.1 Å². The molecular weight excluding hydrogens is 252 g/mol. The highest BCUT2D eigenvalue weighted by molar-refractivity contribution is 5.80. The third-order valence-corrected chi connectivity index (χ3v) is 5.19. The Morgan fingerprint density at radius 1 is 1.15 bits per heavy atom. The molecule has 1 saturated carbocycles. The van der Waals surface area contributed by atoms with E-state index in [2.05, 4.69) is 27.4 Å². The molecule has 0 radical (unpaired) electrons. The van der Waals surface area contributed by atoms with Crippen LogP contribution in [0.25, 0.3) is 0 Å². The lowest BCUT2D eigenvalue weighted by Crippen LogP contribution is -2.43. The molecule has 2 heterocycles. The molecule has 2 bridgehead atoms. The highest BCUT2D eigenvalue weighted by Gasteiger charge is 2.42. The van der Waals surface area contributed by atoms with Gasteiger partial charge in [0.2, 0.25) is 5.91 Å². The molecule has 0 spiro atoms. The van der Waals surface area contributed by atoms with E-state index in [0.29, 0.717) is 23.8 Å². The van der Waals surface area contributed by atoms with Gasteiger partial charge in [-0.2, -0.15) is 0 Å². The zero-order valence-electron chi connectivity index (χ0n) is 11.6. The van der Waals surface area contributed by atoms with Crippen LogP contribution in [0.4, 0.5) is 0 Å². The topological polar surface area (TPSA) is 51.0 Å². The van der Waals surface area contributed by atoms with Crippen molar-refractivity contribution in [1.82, 2.24) is 19.9 Å². The summed E-state index contributed by atoms with van der Waals surface area (Å²) in [7, 11) is 0. The van der Waals surface area contributed by atoms with Crippen LogP contribution in [0.1, 0.15) is 31.7 Å².